The minimum atomic E-state index is -4.25. The highest BCUT2D eigenvalue weighted by molar-refractivity contribution is 5.20. The molecule has 18 heavy (non-hydrogen) atoms. The van der Waals surface area contributed by atoms with Crippen molar-refractivity contribution in [2.45, 2.75) is 6.18 Å². The van der Waals surface area contributed by atoms with Crippen molar-refractivity contribution < 1.29 is 13.2 Å². The Morgan fingerprint density at radius 1 is 0.556 bits per heavy atom. The first kappa shape index (κ1) is 16.0. The van der Waals surface area contributed by atoms with Crippen LogP contribution in [0.5, 0.6) is 0 Å². The monoisotopic (exact) mass is 252 g/mol. The third-order valence-corrected chi connectivity index (χ3v) is 1.53. The molecule has 0 amide bonds. The molecule has 0 bridgehead atoms. The van der Waals surface area contributed by atoms with Crippen LogP contribution in [0.2, 0.25) is 0 Å². The van der Waals surface area contributed by atoms with Crippen LogP contribution in [0.4, 0.5) is 13.2 Å². The molecule has 0 radical (unpaired) electrons. The fourth-order valence-corrected chi connectivity index (χ4v) is 0.821. The Labute approximate surface area is 106 Å². The highest BCUT2D eigenvalue weighted by Gasteiger charge is 2.20. The molecule has 0 heterocycles. The summed E-state index contributed by atoms with van der Waals surface area (Å²) in [6.45, 7) is 3.53. The van der Waals surface area contributed by atoms with Gasteiger partial charge in [-0.3, -0.25) is 0 Å². The van der Waals surface area contributed by atoms with Crippen LogP contribution in [0, 0.1) is 0 Å². The molecule has 0 aliphatic carbocycles. The van der Waals surface area contributed by atoms with Crippen molar-refractivity contribution in [3.8, 4) is 0 Å². The lowest BCUT2D eigenvalue weighted by atomic mass is 10.3. The largest absolute Gasteiger partial charge is 0.409 e. The molecular weight excluding hydrogens is 237 g/mol. The van der Waals surface area contributed by atoms with Crippen LogP contribution >= 0.6 is 0 Å². The van der Waals surface area contributed by atoms with Gasteiger partial charge in [0.1, 0.15) is 0 Å². The maximum atomic E-state index is 11.7. The normalized spacial score (nSPS) is 14.4. The van der Waals surface area contributed by atoms with Gasteiger partial charge in [0.25, 0.3) is 0 Å². The van der Waals surface area contributed by atoms with Crippen molar-refractivity contribution in [2.24, 2.45) is 0 Å². The van der Waals surface area contributed by atoms with E-state index in [1.807, 2.05) is 24.3 Å². The molecule has 96 valence electrons. The van der Waals surface area contributed by atoms with Gasteiger partial charge >= 0.3 is 6.18 Å². The maximum Gasteiger partial charge on any atom is 0.409 e. The SMILES string of the molecule is C=C\C=C/C=C\C=C/C=C\C=C/C=C/C(F)(F)F. The van der Waals surface area contributed by atoms with Crippen molar-refractivity contribution in [1.82, 2.24) is 0 Å². The Kier molecular flexibility index (Phi) is 9.00. The quantitative estimate of drug-likeness (QED) is 0.579. The Morgan fingerprint density at radius 2 is 0.889 bits per heavy atom. The van der Waals surface area contributed by atoms with Crippen LogP contribution in [0.25, 0.3) is 0 Å². The first-order valence-corrected chi connectivity index (χ1v) is 5.26. The Hall–Kier alpha value is -2.03. The predicted molar refractivity (Wildman–Crippen MR) is 71.1 cm³/mol. The zero-order chi connectivity index (χ0) is 13.7. The summed E-state index contributed by atoms with van der Waals surface area (Å²) in [5, 5.41) is 0. The van der Waals surface area contributed by atoms with Crippen LogP contribution in [-0.4, -0.2) is 6.18 Å². The Morgan fingerprint density at radius 3 is 1.22 bits per heavy atom. The molecular formula is C15H15F3. The van der Waals surface area contributed by atoms with Crippen molar-refractivity contribution in [3.63, 3.8) is 0 Å². The molecule has 0 unspecified atom stereocenters. The maximum absolute atomic E-state index is 11.7. The summed E-state index contributed by atoms with van der Waals surface area (Å²) in [5.41, 5.74) is 0. The lowest BCUT2D eigenvalue weighted by Gasteiger charge is -1.94. The van der Waals surface area contributed by atoms with E-state index in [4.69, 9.17) is 0 Å². The van der Waals surface area contributed by atoms with Crippen LogP contribution in [0.3, 0.4) is 0 Å². The van der Waals surface area contributed by atoms with Crippen molar-refractivity contribution in [1.29, 1.82) is 0 Å². The minimum absolute atomic E-state index is 0.182. The molecule has 0 atom stereocenters. The summed E-state index contributed by atoms with van der Waals surface area (Å²) >= 11 is 0. The molecule has 0 spiro atoms. The molecule has 0 rings (SSSR count). The van der Waals surface area contributed by atoms with Gasteiger partial charge in [0.2, 0.25) is 0 Å². The fourth-order valence-electron chi connectivity index (χ4n) is 0.821. The van der Waals surface area contributed by atoms with Gasteiger partial charge in [-0.15, -0.1) is 0 Å². The lowest BCUT2D eigenvalue weighted by molar-refractivity contribution is -0.0798. The van der Waals surface area contributed by atoms with Crippen molar-refractivity contribution >= 4 is 0 Å². The summed E-state index contributed by atoms with van der Waals surface area (Å²) in [6.07, 6.45) is 15.7. The zero-order valence-corrected chi connectivity index (χ0v) is 9.85. The third kappa shape index (κ3) is 14.0. The molecule has 0 aromatic rings. The van der Waals surface area contributed by atoms with Gasteiger partial charge in [-0.05, 0) is 0 Å². The molecule has 0 saturated heterocycles. The molecule has 0 fully saturated rings. The van der Waals surface area contributed by atoms with E-state index in [1.54, 1.807) is 30.4 Å². The van der Waals surface area contributed by atoms with Crippen molar-refractivity contribution in [2.75, 3.05) is 0 Å². The van der Waals surface area contributed by atoms with Crippen LogP contribution in [-0.2, 0) is 0 Å². The average Bonchev–Trinajstić information content (AvgIpc) is 2.29. The van der Waals surface area contributed by atoms with Crippen LogP contribution in [0.15, 0.2) is 85.6 Å². The van der Waals surface area contributed by atoms with Gasteiger partial charge in [0.05, 0.1) is 0 Å². The third-order valence-electron chi connectivity index (χ3n) is 1.53. The predicted octanol–water partition coefficient (Wildman–Crippen LogP) is 5.07. The molecule has 0 aromatic carbocycles. The van der Waals surface area contributed by atoms with Gasteiger partial charge in [-0.1, -0.05) is 79.5 Å². The van der Waals surface area contributed by atoms with Gasteiger partial charge in [0, 0.05) is 6.08 Å². The highest BCUT2D eigenvalue weighted by atomic mass is 19.4. The minimum Gasteiger partial charge on any atom is -0.167 e. The van der Waals surface area contributed by atoms with Crippen LogP contribution < -0.4 is 0 Å². The first-order valence-electron chi connectivity index (χ1n) is 5.26. The number of allylic oxidation sites excluding steroid dienone is 13. The van der Waals surface area contributed by atoms with E-state index >= 15 is 0 Å². The second-order valence-corrected chi connectivity index (χ2v) is 3.06. The first-order chi connectivity index (χ1) is 8.56. The zero-order valence-electron chi connectivity index (χ0n) is 9.85. The smallest absolute Gasteiger partial charge is 0.167 e. The standard InChI is InChI=1S/C15H15F3/c1-2-3-4-5-6-7-8-9-10-11-12-13-14-15(16,17)18/h2-14H,1H2/b4-3-,6-5-,8-7-,10-9-,12-11-,14-13+. The van der Waals surface area contributed by atoms with E-state index in [2.05, 4.69) is 6.58 Å². The van der Waals surface area contributed by atoms with E-state index in [0.717, 1.165) is 6.08 Å². The molecule has 0 aliphatic rings. The summed E-state index contributed by atoms with van der Waals surface area (Å²) in [6, 6.07) is 0. The number of hydrogen-bond donors (Lipinski definition) is 0. The second kappa shape index (κ2) is 10.1. The highest BCUT2D eigenvalue weighted by Crippen LogP contribution is 2.15. The molecule has 0 aliphatic heterocycles. The molecule has 0 saturated carbocycles. The van der Waals surface area contributed by atoms with Crippen LogP contribution in [0.1, 0.15) is 0 Å². The van der Waals surface area contributed by atoms with Gasteiger partial charge < -0.3 is 0 Å². The van der Waals surface area contributed by atoms with E-state index in [-0.39, 0.29) is 6.08 Å². The van der Waals surface area contributed by atoms with Gasteiger partial charge in [0.15, 0.2) is 0 Å². The summed E-state index contributed by atoms with van der Waals surface area (Å²) in [5.74, 6) is 0. The average molecular weight is 252 g/mol. The van der Waals surface area contributed by atoms with E-state index in [1.165, 1.54) is 12.2 Å². The number of halogens is 3. The fraction of sp³-hybridized carbons (Fsp3) is 0.0667. The molecule has 0 nitrogen and oxygen atoms in total. The van der Waals surface area contributed by atoms with E-state index in [9.17, 15) is 13.2 Å². The van der Waals surface area contributed by atoms with E-state index in [0.29, 0.717) is 0 Å². The topological polar surface area (TPSA) is 0 Å². The van der Waals surface area contributed by atoms with Gasteiger partial charge in [-0.2, -0.15) is 13.2 Å². The molecule has 0 aromatic heterocycles. The van der Waals surface area contributed by atoms with E-state index < -0.39 is 6.18 Å². The molecule has 0 N–H and O–H groups in total. The van der Waals surface area contributed by atoms with Crippen molar-refractivity contribution in [3.05, 3.63) is 85.6 Å². The summed E-state index contributed by atoms with van der Waals surface area (Å²) in [4.78, 5) is 0. The Balaban J connectivity index is 3.90. The second-order valence-electron chi connectivity index (χ2n) is 3.06. The Bertz CT molecular complexity index is 388. The number of alkyl halides is 3. The molecule has 3 heteroatoms. The summed E-state index contributed by atoms with van der Waals surface area (Å²) < 4.78 is 35.1. The van der Waals surface area contributed by atoms with Gasteiger partial charge in [-0.25, -0.2) is 0 Å². The number of hydrogen-bond acceptors (Lipinski definition) is 0. The summed E-state index contributed by atoms with van der Waals surface area (Å²) in [7, 11) is 0. The number of rotatable bonds is 6. The lowest BCUT2D eigenvalue weighted by Crippen LogP contribution is -1.99.